The molecule has 3 amide bonds. The SMILES string of the molecule is Cc1cc(NC(=O)c2ccc(N3C(=O)[C@@H]4[C@@H](C3=O)[C@H]3C=C[C@H]4C3)cc2)no1. The molecule has 1 aromatic carbocycles. The van der Waals surface area contributed by atoms with Crippen molar-refractivity contribution < 1.29 is 18.9 Å². The number of nitrogens with one attached hydrogen (secondary N) is 1. The maximum Gasteiger partial charge on any atom is 0.256 e. The van der Waals surface area contributed by atoms with Crippen molar-refractivity contribution in [1.82, 2.24) is 5.16 Å². The number of amides is 3. The van der Waals surface area contributed by atoms with Crippen molar-refractivity contribution in [2.24, 2.45) is 23.7 Å². The van der Waals surface area contributed by atoms with Crippen molar-refractivity contribution >= 4 is 29.2 Å². The number of nitrogens with zero attached hydrogens (tertiary/aromatic N) is 2. The van der Waals surface area contributed by atoms with Gasteiger partial charge in [-0.25, -0.2) is 0 Å². The van der Waals surface area contributed by atoms with Gasteiger partial charge in [0.05, 0.1) is 17.5 Å². The molecule has 2 aliphatic carbocycles. The van der Waals surface area contributed by atoms with E-state index in [0.29, 0.717) is 22.8 Å². The van der Waals surface area contributed by atoms with Crippen molar-refractivity contribution in [3.8, 4) is 0 Å². The third-order valence-corrected chi connectivity index (χ3v) is 5.73. The van der Waals surface area contributed by atoms with Crippen LogP contribution >= 0.6 is 0 Å². The van der Waals surface area contributed by atoms with E-state index in [0.717, 1.165) is 6.42 Å². The standard InChI is InChI=1S/C20H17N3O4/c1-10-8-15(22-27-10)21-18(24)11-4-6-14(7-5-11)23-19(25)16-12-2-3-13(9-12)17(16)20(23)26/h2-8,12-13,16-17H,9H2,1H3,(H,21,22,24)/t12-,13-,16-,17-/m0/s1. The lowest BCUT2D eigenvalue weighted by Gasteiger charge is -2.17. The molecule has 27 heavy (non-hydrogen) atoms. The van der Waals surface area contributed by atoms with Crippen LogP contribution in [0, 0.1) is 30.6 Å². The number of benzene rings is 1. The summed E-state index contributed by atoms with van der Waals surface area (Å²) in [6.07, 6.45) is 5.04. The number of imide groups is 1. The highest BCUT2D eigenvalue weighted by molar-refractivity contribution is 6.23. The monoisotopic (exact) mass is 363 g/mol. The fourth-order valence-corrected chi connectivity index (χ4v) is 4.53. The number of allylic oxidation sites excluding steroid dienone is 2. The predicted octanol–water partition coefficient (Wildman–Crippen LogP) is 2.55. The van der Waals surface area contributed by atoms with E-state index in [1.807, 2.05) is 0 Å². The number of carbonyl (C=O) groups is 3. The van der Waals surface area contributed by atoms with Gasteiger partial charge in [0.1, 0.15) is 5.76 Å². The number of aryl methyl sites for hydroxylation is 1. The summed E-state index contributed by atoms with van der Waals surface area (Å²) in [4.78, 5) is 39.2. The quantitative estimate of drug-likeness (QED) is 0.668. The average Bonchev–Trinajstić information content (AvgIpc) is 3.41. The zero-order valence-corrected chi connectivity index (χ0v) is 14.6. The summed E-state index contributed by atoms with van der Waals surface area (Å²) in [5, 5.41) is 6.36. The summed E-state index contributed by atoms with van der Waals surface area (Å²) in [5.41, 5.74) is 0.910. The molecule has 2 fully saturated rings. The summed E-state index contributed by atoms with van der Waals surface area (Å²) in [5.74, 6) is 0.233. The maximum atomic E-state index is 12.8. The van der Waals surface area contributed by atoms with Gasteiger partial charge in [-0.3, -0.25) is 19.3 Å². The van der Waals surface area contributed by atoms with Gasteiger partial charge in [0.25, 0.3) is 5.91 Å². The van der Waals surface area contributed by atoms with Crippen LogP contribution in [0.25, 0.3) is 0 Å². The first-order valence-corrected chi connectivity index (χ1v) is 8.94. The lowest BCUT2D eigenvalue weighted by atomic mass is 9.85. The van der Waals surface area contributed by atoms with Crippen molar-refractivity contribution in [3.63, 3.8) is 0 Å². The number of carbonyl (C=O) groups excluding carboxylic acids is 3. The summed E-state index contributed by atoms with van der Waals surface area (Å²) in [6, 6.07) is 8.08. The topological polar surface area (TPSA) is 92.5 Å². The molecule has 2 aromatic rings. The second kappa shape index (κ2) is 5.64. The minimum absolute atomic E-state index is 0.128. The van der Waals surface area contributed by atoms with E-state index in [2.05, 4.69) is 22.6 Å². The van der Waals surface area contributed by atoms with Gasteiger partial charge in [0.2, 0.25) is 11.8 Å². The number of aromatic nitrogens is 1. The predicted molar refractivity (Wildman–Crippen MR) is 95.8 cm³/mol. The molecule has 2 heterocycles. The lowest BCUT2D eigenvalue weighted by Crippen LogP contribution is -2.32. The fraction of sp³-hybridized carbons (Fsp3) is 0.300. The number of fused-ring (bicyclic) bond motifs is 5. The molecule has 0 unspecified atom stereocenters. The van der Waals surface area contributed by atoms with Gasteiger partial charge in [-0.05, 0) is 49.4 Å². The number of anilines is 2. The summed E-state index contributed by atoms with van der Waals surface area (Å²) in [7, 11) is 0. The molecule has 4 atom stereocenters. The largest absolute Gasteiger partial charge is 0.360 e. The van der Waals surface area contributed by atoms with Crippen LogP contribution in [-0.4, -0.2) is 22.9 Å². The highest BCUT2D eigenvalue weighted by Gasteiger charge is 2.59. The van der Waals surface area contributed by atoms with Gasteiger partial charge in [0, 0.05) is 11.6 Å². The fourth-order valence-electron chi connectivity index (χ4n) is 4.53. The van der Waals surface area contributed by atoms with Gasteiger partial charge >= 0.3 is 0 Å². The zero-order valence-electron chi connectivity index (χ0n) is 14.6. The Balaban J connectivity index is 1.36. The Morgan fingerprint density at radius 1 is 1.11 bits per heavy atom. The number of hydrogen-bond acceptors (Lipinski definition) is 5. The Hall–Kier alpha value is -3.22. The highest BCUT2D eigenvalue weighted by Crippen LogP contribution is 2.53. The molecule has 3 aliphatic rings. The van der Waals surface area contributed by atoms with Gasteiger partial charge in [-0.15, -0.1) is 0 Å². The van der Waals surface area contributed by atoms with Gasteiger partial charge in [-0.1, -0.05) is 17.3 Å². The Kier molecular flexibility index (Phi) is 3.34. The molecular weight excluding hydrogens is 346 g/mol. The van der Waals surface area contributed by atoms with Gasteiger partial charge < -0.3 is 9.84 Å². The Bertz CT molecular complexity index is 961. The minimum atomic E-state index is -0.340. The first-order valence-electron chi connectivity index (χ1n) is 8.94. The Morgan fingerprint density at radius 3 is 2.30 bits per heavy atom. The Morgan fingerprint density at radius 2 is 1.74 bits per heavy atom. The van der Waals surface area contributed by atoms with Crippen molar-refractivity contribution in [2.75, 3.05) is 10.2 Å². The van der Waals surface area contributed by atoms with Gasteiger partial charge in [-0.2, -0.15) is 0 Å². The summed E-state index contributed by atoms with van der Waals surface area (Å²) < 4.78 is 4.92. The van der Waals surface area contributed by atoms with E-state index in [1.165, 1.54) is 4.90 Å². The molecule has 0 spiro atoms. The van der Waals surface area contributed by atoms with E-state index in [-0.39, 0.29) is 41.4 Å². The van der Waals surface area contributed by atoms with Gasteiger partial charge in [0.15, 0.2) is 5.82 Å². The van der Waals surface area contributed by atoms with Crippen LogP contribution < -0.4 is 10.2 Å². The number of hydrogen-bond donors (Lipinski definition) is 1. The normalized spacial score (nSPS) is 28.1. The second-order valence-electron chi connectivity index (χ2n) is 7.34. The minimum Gasteiger partial charge on any atom is -0.360 e. The first kappa shape index (κ1) is 16.0. The van der Waals surface area contributed by atoms with Crippen LogP contribution in [0.5, 0.6) is 0 Å². The smallest absolute Gasteiger partial charge is 0.256 e. The van der Waals surface area contributed by atoms with Crippen LogP contribution in [0.3, 0.4) is 0 Å². The lowest BCUT2D eigenvalue weighted by molar-refractivity contribution is -0.123. The molecule has 7 nitrogen and oxygen atoms in total. The molecule has 2 bridgehead atoms. The van der Waals surface area contributed by atoms with Crippen molar-refractivity contribution in [3.05, 3.63) is 53.8 Å². The van der Waals surface area contributed by atoms with Crippen LogP contribution in [0.15, 0.2) is 47.0 Å². The van der Waals surface area contributed by atoms with Crippen LogP contribution in [0.1, 0.15) is 22.5 Å². The highest BCUT2D eigenvalue weighted by atomic mass is 16.5. The average molecular weight is 363 g/mol. The van der Waals surface area contributed by atoms with E-state index in [1.54, 1.807) is 37.3 Å². The maximum absolute atomic E-state index is 12.8. The van der Waals surface area contributed by atoms with Crippen molar-refractivity contribution in [1.29, 1.82) is 0 Å². The zero-order chi connectivity index (χ0) is 18.7. The van der Waals surface area contributed by atoms with E-state index >= 15 is 0 Å². The van der Waals surface area contributed by atoms with E-state index < -0.39 is 0 Å². The van der Waals surface area contributed by atoms with Crippen LogP contribution in [0.2, 0.25) is 0 Å². The molecule has 1 N–H and O–H groups in total. The molecule has 1 aliphatic heterocycles. The molecule has 1 saturated heterocycles. The molecule has 7 heteroatoms. The third-order valence-electron chi connectivity index (χ3n) is 5.73. The van der Waals surface area contributed by atoms with Crippen LogP contribution in [-0.2, 0) is 9.59 Å². The summed E-state index contributed by atoms with van der Waals surface area (Å²) in [6.45, 7) is 1.73. The Labute approximate surface area is 155 Å². The molecular formula is C20H17N3O4. The molecule has 0 radical (unpaired) electrons. The molecule has 5 rings (SSSR count). The molecule has 1 aromatic heterocycles. The van der Waals surface area contributed by atoms with Crippen molar-refractivity contribution in [2.45, 2.75) is 13.3 Å². The third kappa shape index (κ3) is 2.34. The van der Waals surface area contributed by atoms with E-state index in [9.17, 15) is 14.4 Å². The number of rotatable bonds is 3. The second-order valence-corrected chi connectivity index (χ2v) is 7.34. The first-order chi connectivity index (χ1) is 13.0. The molecule has 136 valence electrons. The molecule has 1 saturated carbocycles. The van der Waals surface area contributed by atoms with Crippen LogP contribution in [0.4, 0.5) is 11.5 Å². The van der Waals surface area contributed by atoms with E-state index in [4.69, 9.17) is 4.52 Å². The summed E-state index contributed by atoms with van der Waals surface area (Å²) >= 11 is 0.